The molecule has 2 N–H and O–H groups in total. The molecule has 0 bridgehead atoms. The van der Waals surface area contributed by atoms with Gasteiger partial charge in [0.25, 0.3) is 5.91 Å². The molecule has 2 aliphatic rings. The summed E-state index contributed by atoms with van der Waals surface area (Å²) in [5.41, 5.74) is -1.57. The second-order valence-corrected chi connectivity index (χ2v) is 7.59. The molecule has 8 heteroatoms. The van der Waals surface area contributed by atoms with E-state index in [0.29, 0.717) is 39.1 Å². The van der Waals surface area contributed by atoms with Crippen LogP contribution in [0.15, 0.2) is 24.3 Å². The van der Waals surface area contributed by atoms with Crippen LogP contribution in [0.1, 0.15) is 43.7 Å². The van der Waals surface area contributed by atoms with Gasteiger partial charge in [0.1, 0.15) is 11.4 Å². The molecule has 1 heterocycles. The van der Waals surface area contributed by atoms with Gasteiger partial charge in [-0.1, -0.05) is 31.4 Å². The van der Waals surface area contributed by atoms with Gasteiger partial charge in [0.2, 0.25) is 0 Å². The van der Waals surface area contributed by atoms with Crippen LogP contribution in [0.5, 0.6) is 0 Å². The molecule has 2 fully saturated rings. The molecule has 1 amide bonds. The molecule has 1 aliphatic carbocycles. The molecule has 28 heavy (non-hydrogen) atoms. The highest BCUT2D eigenvalue weighted by atomic mass is 19.3. The molecular formula is C20H27F3N2O3. The maximum absolute atomic E-state index is 14.7. The Balaban J connectivity index is 1.71. The minimum atomic E-state index is -3.86. The first-order valence-corrected chi connectivity index (χ1v) is 9.79. The summed E-state index contributed by atoms with van der Waals surface area (Å²) in [7, 11) is 0. The Morgan fingerprint density at radius 3 is 2.39 bits per heavy atom. The van der Waals surface area contributed by atoms with Gasteiger partial charge in [0, 0.05) is 19.6 Å². The average molecular weight is 400 g/mol. The maximum Gasteiger partial charge on any atom is 0.352 e. The highest BCUT2D eigenvalue weighted by Gasteiger charge is 2.58. The van der Waals surface area contributed by atoms with E-state index in [0.717, 1.165) is 12.0 Å². The largest absolute Gasteiger partial charge is 0.383 e. The predicted molar refractivity (Wildman–Crippen MR) is 97.5 cm³/mol. The van der Waals surface area contributed by atoms with E-state index in [-0.39, 0.29) is 31.2 Å². The lowest BCUT2D eigenvalue weighted by molar-refractivity contribution is -0.201. The van der Waals surface area contributed by atoms with E-state index < -0.39 is 17.4 Å². The monoisotopic (exact) mass is 400 g/mol. The lowest BCUT2D eigenvalue weighted by atomic mass is 9.79. The number of hydrogen-bond donors (Lipinski definition) is 2. The highest BCUT2D eigenvalue weighted by Crippen LogP contribution is 2.40. The molecule has 1 atom stereocenters. The minimum absolute atomic E-state index is 0.0594. The first-order chi connectivity index (χ1) is 13.3. The Hall–Kier alpha value is -1.64. The summed E-state index contributed by atoms with van der Waals surface area (Å²) >= 11 is 0. The zero-order valence-corrected chi connectivity index (χ0v) is 15.8. The summed E-state index contributed by atoms with van der Waals surface area (Å²) in [6.45, 7) is 2.11. The van der Waals surface area contributed by atoms with Gasteiger partial charge in [-0.05, 0) is 30.5 Å². The molecule has 3 rings (SSSR count). The number of rotatable bonds is 6. The number of hydrogen-bond acceptors (Lipinski definition) is 4. The zero-order valence-electron chi connectivity index (χ0n) is 15.8. The number of ether oxygens (including phenoxy) is 1. The Morgan fingerprint density at radius 2 is 1.79 bits per heavy atom. The second kappa shape index (κ2) is 8.80. The molecule has 5 nitrogen and oxygen atoms in total. The smallest absolute Gasteiger partial charge is 0.352 e. The highest BCUT2D eigenvalue weighted by molar-refractivity contribution is 5.85. The van der Waals surface area contributed by atoms with Crippen LogP contribution in [0.3, 0.4) is 0 Å². The third kappa shape index (κ3) is 4.50. The van der Waals surface area contributed by atoms with Crippen LogP contribution in [0.2, 0.25) is 0 Å². The number of nitrogens with zero attached hydrogens (tertiary/aromatic N) is 1. The van der Waals surface area contributed by atoms with E-state index in [4.69, 9.17) is 4.74 Å². The van der Waals surface area contributed by atoms with Gasteiger partial charge in [-0.3, -0.25) is 9.69 Å². The van der Waals surface area contributed by atoms with Crippen molar-refractivity contribution in [2.45, 2.75) is 49.7 Å². The average Bonchev–Trinajstić information content (AvgIpc) is 2.70. The first-order valence-electron chi connectivity index (χ1n) is 9.79. The Kier molecular flexibility index (Phi) is 6.62. The molecular weight excluding hydrogens is 373 g/mol. The van der Waals surface area contributed by atoms with Crippen molar-refractivity contribution in [3.8, 4) is 0 Å². The van der Waals surface area contributed by atoms with Crippen LogP contribution in [0.25, 0.3) is 0 Å². The maximum atomic E-state index is 14.7. The molecule has 1 aromatic rings. The topological polar surface area (TPSA) is 61.8 Å². The van der Waals surface area contributed by atoms with Gasteiger partial charge in [-0.2, -0.15) is 8.78 Å². The summed E-state index contributed by atoms with van der Waals surface area (Å²) in [6.07, 6.45) is 1.57. The third-order valence-electron chi connectivity index (χ3n) is 5.75. The lowest BCUT2D eigenvalue weighted by Gasteiger charge is -2.38. The molecule has 0 radical (unpaired) electrons. The van der Waals surface area contributed by atoms with E-state index in [1.54, 1.807) is 12.1 Å². The standard InChI is InChI=1S/C20H27F3N2O3/c21-16-6-4-15(5-7-16)17(25-10-12-28-13-11-25)14-24-18(26)20(22,23)19(27)8-2-1-3-9-19/h4-7,17,27H,1-3,8-14H2,(H,24,26)/t17-/m1/s1. The molecule has 1 aliphatic heterocycles. The van der Waals surface area contributed by atoms with E-state index in [9.17, 15) is 23.1 Å². The van der Waals surface area contributed by atoms with E-state index in [1.165, 1.54) is 12.1 Å². The van der Waals surface area contributed by atoms with E-state index in [2.05, 4.69) is 5.32 Å². The summed E-state index contributed by atoms with van der Waals surface area (Å²) < 4.78 is 48.0. The molecule has 1 aromatic carbocycles. The first kappa shape index (κ1) is 21.1. The number of amides is 1. The van der Waals surface area contributed by atoms with Gasteiger partial charge in [0.15, 0.2) is 0 Å². The Labute approximate surface area is 162 Å². The minimum Gasteiger partial charge on any atom is -0.383 e. The summed E-state index contributed by atoms with van der Waals surface area (Å²) in [5.74, 6) is -5.71. The fraction of sp³-hybridized carbons (Fsp3) is 0.650. The molecule has 0 aromatic heterocycles. The van der Waals surface area contributed by atoms with Gasteiger partial charge in [-0.15, -0.1) is 0 Å². The summed E-state index contributed by atoms with van der Waals surface area (Å²) in [5, 5.41) is 12.7. The van der Waals surface area contributed by atoms with Crippen molar-refractivity contribution < 1.29 is 27.8 Å². The quantitative estimate of drug-likeness (QED) is 0.771. The van der Waals surface area contributed by atoms with Crippen LogP contribution in [-0.2, 0) is 9.53 Å². The van der Waals surface area contributed by atoms with Crippen molar-refractivity contribution >= 4 is 5.91 Å². The third-order valence-corrected chi connectivity index (χ3v) is 5.75. The van der Waals surface area contributed by atoms with Crippen molar-refractivity contribution in [1.82, 2.24) is 10.2 Å². The van der Waals surface area contributed by atoms with Crippen LogP contribution in [-0.4, -0.2) is 60.3 Å². The van der Waals surface area contributed by atoms with Crippen LogP contribution >= 0.6 is 0 Å². The van der Waals surface area contributed by atoms with Crippen molar-refractivity contribution in [3.63, 3.8) is 0 Å². The number of benzene rings is 1. The van der Waals surface area contributed by atoms with Crippen molar-refractivity contribution in [2.24, 2.45) is 0 Å². The summed E-state index contributed by atoms with van der Waals surface area (Å²) in [6, 6.07) is 5.42. The molecule has 1 saturated heterocycles. The number of carbonyl (C=O) groups excluding carboxylic acids is 1. The van der Waals surface area contributed by atoms with Crippen LogP contribution in [0.4, 0.5) is 13.2 Å². The van der Waals surface area contributed by atoms with Gasteiger partial charge in [-0.25, -0.2) is 4.39 Å². The van der Waals surface area contributed by atoms with E-state index >= 15 is 0 Å². The van der Waals surface area contributed by atoms with Crippen molar-refractivity contribution in [3.05, 3.63) is 35.6 Å². The Morgan fingerprint density at radius 1 is 1.18 bits per heavy atom. The van der Waals surface area contributed by atoms with Crippen molar-refractivity contribution in [2.75, 3.05) is 32.8 Å². The summed E-state index contributed by atoms with van der Waals surface area (Å²) in [4.78, 5) is 14.3. The van der Waals surface area contributed by atoms with Gasteiger partial charge in [0.05, 0.1) is 19.3 Å². The number of alkyl halides is 2. The molecule has 0 unspecified atom stereocenters. The second-order valence-electron chi connectivity index (χ2n) is 7.59. The number of carbonyl (C=O) groups is 1. The zero-order chi connectivity index (χ0) is 20.2. The van der Waals surface area contributed by atoms with Crippen LogP contribution in [0, 0.1) is 5.82 Å². The fourth-order valence-corrected chi connectivity index (χ4v) is 3.99. The number of aliphatic hydroxyl groups is 1. The number of halogens is 3. The van der Waals surface area contributed by atoms with Gasteiger partial charge < -0.3 is 15.2 Å². The number of nitrogens with one attached hydrogen (secondary N) is 1. The number of morpholine rings is 1. The SMILES string of the molecule is O=C(NC[C@H](c1ccc(F)cc1)N1CCOCC1)C(F)(F)C1(O)CCCCC1. The molecule has 156 valence electrons. The normalized spacial score (nSPS) is 21.9. The predicted octanol–water partition coefficient (Wildman–Crippen LogP) is 2.65. The van der Waals surface area contributed by atoms with Crippen molar-refractivity contribution in [1.29, 1.82) is 0 Å². The fourth-order valence-electron chi connectivity index (χ4n) is 3.99. The van der Waals surface area contributed by atoms with E-state index in [1.807, 2.05) is 4.90 Å². The molecule has 0 spiro atoms. The molecule has 1 saturated carbocycles. The van der Waals surface area contributed by atoms with Crippen LogP contribution < -0.4 is 5.32 Å². The lowest BCUT2D eigenvalue weighted by Crippen LogP contribution is -2.58. The van der Waals surface area contributed by atoms with Gasteiger partial charge >= 0.3 is 5.92 Å². The Bertz CT molecular complexity index is 657.